The van der Waals surface area contributed by atoms with E-state index in [-0.39, 0.29) is 11.9 Å². The van der Waals surface area contributed by atoms with Gasteiger partial charge >= 0.3 is 11.9 Å². The monoisotopic (exact) mass is 799 g/mol. The highest BCUT2D eigenvalue weighted by Crippen LogP contribution is 2.31. The Balaban J connectivity index is 0.000000268. The lowest BCUT2D eigenvalue weighted by atomic mass is 10.2. The minimum atomic E-state index is -1.14. The minimum absolute atomic E-state index is 0.307. The zero-order valence-electron chi connectivity index (χ0n) is 28.1. The zero-order valence-corrected chi connectivity index (χ0v) is 33.1. The molecule has 0 aliphatic heterocycles. The number of fused-ring (bicyclic) bond motifs is 1. The first kappa shape index (κ1) is 38.0. The Kier molecular flexibility index (Phi) is 14.6. The van der Waals surface area contributed by atoms with E-state index in [0.717, 1.165) is 28.9 Å². The Bertz CT molecular complexity index is 1540. The van der Waals surface area contributed by atoms with Gasteiger partial charge in [-0.2, -0.15) is 10.2 Å². The van der Waals surface area contributed by atoms with Crippen molar-refractivity contribution in [2.45, 2.75) is 78.7 Å². The molecule has 0 unspecified atom stereocenters. The predicted molar refractivity (Wildman–Crippen MR) is 196 cm³/mol. The van der Waals surface area contributed by atoms with Crippen LogP contribution in [0.2, 0.25) is 51.4 Å². The fourth-order valence-electron chi connectivity index (χ4n) is 3.86. The molecule has 3 heterocycles. The maximum Gasteiger partial charge on any atom is 0.342 e. The first-order valence-corrected chi connectivity index (χ1v) is 24.7. The van der Waals surface area contributed by atoms with Gasteiger partial charge in [0.1, 0.15) is 39.0 Å². The number of rotatable bonds is 15. The van der Waals surface area contributed by atoms with Gasteiger partial charge in [0, 0.05) is 41.8 Å². The third-order valence-corrected chi connectivity index (χ3v) is 11.7. The lowest BCUT2D eigenvalue weighted by Gasteiger charge is -2.15. The van der Waals surface area contributed by atoms with Crippen LogP contribution in [0.3, 0.4) is 0 Å². The molecule has 0 fully saturated rings. The van der Waals surface area contributed by atoms with Crippen molar-refractivity contribution in [3.8, 4) is 10.7 Å². The third kappa shape index (κ3) is 12.3. The number of nitrogens with zero attached hydrogens (tertiary/aromatic N) is 5. The topological polar surface area (TPSA) is 120 Å². The Morgan fingerprint density at radius 1 is 0.804 bits per heavy atom. The smallest absolute Gasteiger partial charge is 0.342 e. The zero-order chi connectivity index (χ0) is 33.9. The Labute approximate surface area is 291 Å². The van der Waals surface area contributed by atoms with Gasteiger partial charge in [0.05, 0.1) is 23.4 Å². The molecule has 3 aromatic heterocycles. The molecule has 0 saturated heterocycles. The maximum absolute atomic E-state index is 12.4. The number of carbonyl (C=O) groups is 2. The number of hydrogen-bond acceptors (Lipinski definition) is 10. The number of ether oxygens (including phenoxy) is 4. The van der Waals surface area contributed by atoms with E-state index in [1.165, 1.54) is 11.3 Å². The summed E-state index contributed by atoms with van der Waals surface area (Å²) >= 11 is 3.54. The van der Waals surface area contributed by atoms with Crippen LogP contribution in [0, 0.1) is 3.70 Å². The number of aromatic nitrogens is 5. The van der Waals surface area contributed by atoms with E-state index < -0.39 is 16.1 Å². The van der Waals surface area contributed by atoms with Gasteiger partial charge in [-0.3, -0.25) is 0 Å². The van der Waals surface area contributed by atoms with Crippen LogP contribution in [0.25, 0.3) is 20.9 Å². The molecule has 0 saturated carbocycles. The van der Waals surface area contributed by atoms with E-state index >= 15 is 0 Å². The first-order valence-electron chi connectivity index (χ1n) is 15.4. The fourth-order valence-corrected chi connectivity index (χ4v) is 6.97. The molecule has 0 bridgehead atoms. The third-order valence-electron chi connectivity index (χ3n) is 6.41. The second-order valence-corrected chi connectivity index (χ2v) is 26.2. The van der Waals surface area contributed by atoms with Gasteiger partial charge in [-0.25, -0.2) is 23.9 Å². The summed E-state index contributed by atoms with van der Waals surface area (Å²) in [6, 6.07) is 10.1. The van der Waals surface area contributed by atoms with Crippen molar-refractivity contribution in [2.75, 3.05) is 26.4 Å². The van der Waals surface area contributed by atoms with E-state index in [9.17, 15) is 9.59 Å². The average molecular weight is 800 g/mol. The van der Waals surface area contributed by atoms with Crippen molar-refractivity contribution < 1.29 is 28.5 Å². The summed E-state index contributed by atoms with van der Waals surface area (Å²) in [5, 5.41) is 9.51. The van der Waals surface area contributed by atoms with E-state index in [1.54, 1.807) is 35.6 Å². The van der Waals surface area contributed by atoms with Gasteiger partial charge in [-0.05, 0) is 60.7 Å². The van der Waals surface area contributed by atoms with Crippen molar-refractivity contribution in [1.29, 1.82) is 0 Å². The number of esters is 2. The molecule has 252 valence electrons. The summed E-state index contributed by atoms with van der Waals surface area (Å²) in [6.45, 7) is 20.3. The lowest BCUT2D eigenvalue weighted by Crippen LogP contribution is -2.22. The summed E-state index contributed by atoms with van der Waals surface area (Å²) in [5.74, 6) is -0.722. The molecule has 11 nitrogen and oxygen atoms in total. The normalized spacial score (nSPS) is 11.8. The largest absolute Gasteiger partial charge is 0.462 e. The minimum Gasteiger partial charge on any atom is -0.462 e. The Hall–Kier alpha value is -2.45. The van der Waals surface area contributed by atoms with Gasteiger partial charge in [0.25, 0.3) is 0 Å². The van der Waals surface area contributed by atoms with Crippen LogP contribution >= 0.6 is 33.9 Å². The van der Waals surface area contributed by atoms with Crippen LogP contribution in [-0.2, 0) is 32.4 Å². The average Bonchev–Trinajstić information content (AvgIpc) is 3.69. The van der Waals surface area contributed by atoms with Gasteiger partial charge in [0.2, 0.25) is 0 Å². The van der Waals surface area contributed by atoms with Crippen LogP contribution in [0.1, 0.15) is 34.6 Å². The highest BCUT2D eigenvalue weighted by atomic mass is 127. The van der Waals surface area contributed by atoms with Gasteiger partial charge in [-0.15, -0.1) is 11.3 Å². The van der Waals surface area contributed by atoms with Gasteiger partial charge < -0.3 is 18.9 Å². The van der Waals surface area contributed by atoms with Crippen LogP contribution in [0.4, 0.5) is 0 Å². The highest BCUT2D eigenvalue weighted by molar-refractivity contribution is 14.1. The Morgan fingerprint density at radius 3 is 1.87 bits per heavy atom. The summed E-state index contributed by atoms with van der Waals surface area (Å²) in [7, 11) is -2.20. The molecule has 0 aliphatic rings. The molecule has 0 spiro atoms. The summed E-state index contributed by atoms with van der Waals surface area (Å²) < 4.78 is 26.5. The lowest BCUT2D eigenvalue weighted by molar-refractivity contribution is 0.0514. The second kappa shape index (κ2) is 17.6. The van der Waals surface area contributed by atoms with E-state index in [2.05, 4.69) is 54.5 Å². The molecule has 0 N–H and O–H groups in total. The number of thiazole rings is 1. The molecule has 4 aromatic rings. The first-order chi connectivity index (χ1) is 21.7. The van der Waals surface area contributed by atoms with E-state index in [1.807, 2.05) is 46.9 Å². The molecule has 0 amide bonds. The summed E-state index contributed by atoms with van der Waals surface area (Å²) in [6.07, 6.45) is 3.36. The molecule has 46 heavy (non-hydrogen) atoms. The van der Waals surface area contributed by atoms with Gasteiger partial charge in [0.15, 0.2) is 0 Å². The molecule has 0 atom stereocenters. The van der Waals surface area contributed by atoms with Crippen molar-refractivity contribution in [1.82, 2.24) is 24.5 Å². The van der Waals surface area contributed by atoms with Crippen LogP contribution in [0.15, 0.2) is 36.7 Å². The quantitative estimate of drug-likeness (QED) is 0.0518. The number of benzene rings is 1. The SMILES string of the molecule is CCOC(=O)c1cn(COCC[Si](C)(C)C)nc1-c1nc2ccccc2s1.CCOC(=O)c1cn(COCC[Si](C)(C)C)nc1I. The molecule has 0 radical (unpaired) electrons. The van der Waals surface area contributed by atoms with E-state index in [4.69, 9.17) is 18.9 Å². The van der Waals surface area contributed by atoms with E-state index in [0.29, 0.717) is 58.8 Å². The number of para-hydroxylation sites is 1. The molecule has 0 aliphatic carbocycles. The van der Waals surface area contributed by atoms with Crippen LogP contribution in [-0.4, -0.2) is 79.1 Å². The van der Waals surface area contributed by atoms with Crippen LogP contribution in [0.5, 0.6) is 0 Å². The maximum atomic E-state index is 12.4. The predicted octanol–water partition coefficient (Wildman–Crippen LogP) is 7.63. The summed E-state index contributed by atoms with van der Waals surface area (Å²) in [5.41, 5.74) is 2.36. The van der Waals surface area contributed by atoms with Crippen molar-refractivity contribution in [3.63, 3.8) is 0 Å². The van der Waals surface area contributed by atoms with Crippen LogP contribution < -0.4 is 0 Å². The highest BCUT2D eigenvalue weighted by Gasteiger charge is 2.22. The fraction of sp³-hybridized carbons (Fsp3) is 0.516. The summed E-state index contributed by atoms with van der Waals surface area (Å²) in [4.78, 5) is 28.6. The molecule has 15 heteroatoms. The van der Waals surface area contributed by atoms with Crippen molar-refractivity contribution >= 4 is 72.2 Å². The molecule has 4 rings (SSSR count). The molecular weight excluding hydrogens is 754 g/mol. The van der Waals surface area contributed by atoms with Crippen molar-refractivity contribution in [3.05, 3.63) is 51.5 Å². The van der Waals surface area contributed by atoms with Gasteiger partial charge in [-0.1, -0.05) is 51.4 Å². The number of hydrogen-bond donors (Lipinski definition) is 0. The second-order valence-electron chi connectivity index (χ2n) is 12.9. The molecule has 1 aromatic carbocycles. The number of carbonyl (C=O) groups excluding carboxylic acids is 2. The Morgan fingerprint density at radius 2 is 1.33 bits per heavy atom. The number of halogens is 1. The molecular formula is C31H46IN5O6SSi2. The van der Waals surface area contributed by atoms with Crippen molar-refractivity contribution in [2.24, 2.45) is 0 Å². The standard InChI is InChI=1S/C19H25N3O3SSi.C12H21IN2O3Si/c1-5-25-19(23)14-12-22(13-24-10-11-27(2,3)4)21-17(14)18-20-15-8-6-7-9-16(15)26-18;1-5-18-12(16)10-8-15(14-11(10)13)9-17-6-7-19(2,3)4/h6-9,12H,5,10-11,13H2,1-4H3;8H,5-7,9H2,1-4H3.